The number of anilines is 2. The summed E-state index contributed by atoms with van der Waals surface area (Å²) in [7, 11) is 0. The van der Waals surface area contributed by atoms with Gasteiger partial charge in [-0.25, -0.2) is 0 Å². The van der Waals surface area contributed by atoms with E-state index in [1.54, 1.807) is 21.1 Å². The lowest BCUT2D eigenvalue weighted by Gasteiger charge is -2.31. The van der Waals surface area contributed by atoms with Crippen molar-refractivity contribution in [2.75, 3.05) is 35.3 Å². The molecule has 0 N–H and O–H groups in total. The maximum atomic E-state index is 13.5. The minimum Gasteiger partial charge on any atom is -0.486 e. The molecule has 2 aromatic carbocycles. The minimum absolute atomic E-state index is 0.0176. The molecule has 0 fully saturated rings. The Morgan fingerprint density at radius 2 is 1.87 bits per heavy atom. The molecule has 31 heavy (non-hydrogen) atoms. The molecule has 2 aliphatic rings. The van der Waals surface area contributed by atoms with E-state index in [1.165, 1.54) is 11.8 Å². The number of nitrogens with zero attached hydrogens (tertiary/aromatic N) is 2. The smallest absolute Gasteiger partial charge is 0.247 e. The molecule has 6 nitrogen and oxygen atoms in total. The quantitative estimate of drug-likeness (QED) is 0.581. The van der Waals surface area contributed by atoms with Gasteiger partial charge in [-0.2, -0.15) is 0 Å². The molecule has 1 aromatic heterocycles. The summed E-state index contributed by atoms with van der Waals surface area (Å²) < 4.78 is 11.3. The summed E-state index contributed by atoms with van der Waals surface area (Å²) in [4.78, 5) is 31.6. The van der Waals surface area contributed by atoms with E-state index in [-0.39, 0.29) is 18.4 Å². The number of amides is 2. The van der Waals surface area contributed by atoms with E-state index < -0.39 is 0 Å². The predicted octanol–water partition coefficient (Wildman–Crippen LogP) is 4.19. The van der Waals surface area contributed by atoms with Gasteiger partial charge in [0.1, 0.15) is 19.8 Å². The van der Waals surface area contributed by atoms with Crippen LogP contribution in [0.5, 0.6) is 11.5 Å². The van der Waals surface area contributed by atoms with Crippen molar-refractivity contribution in [1.82, 2.24) is 0 Å². The molecule has 3 aromatic rings. The van der Waals surface area contributed by atoms with E-state index in [2.05, 4.69) is 0 Å². The number of carbonyl (C=O) groups is 2. The van der Waals surface area contributed by atoms with Crippen LogP contribution in [0.4, 0.5) is 11.4 Å². The van der Waals surface area contributed by atoms with Crippen molar-refractivity contribution in [3.63, 3.8) is 0 Å². The van der Waals surface area contributed by atoms with Gasteiger partial charge in [-0.3, -0.25) is 9.59 Å². The lowest BCUT2D eigenvalue weighted by atomic mass is 10.2. The molecule has 2 aliphatic heterocycles. The Labute approximate surface area is 188 Å². The van der Waals surface area contributed by atoms with Gasteiger partial charge in [0, 0.05) is 21.5 Å². The van der Waals surface area contributed by atoms with Gasteiger partial charge >= 0.3 is 0 Å². The van der Waals surface area contributed by atoms with Crippen molar-refractivity contribution in [2.24, 2.45) is 0 Å². The SMILES string of the molecule is O=C(CN1C(=O)CSc2ccccc21)N(Cc1cccs1)c1ccc2c(c1)OCCO2. The average molecular weight is 453 g/mol. The first kappa shape index (κ1) is 20.0. The third kappa shape index (κ3) is 4.13. The monoisotopic (exact) mass is 452 g/mol. The number of hydrogen-bond acceptors (Lipinski definition) is 6. The fraction of sp³-hybridized carbons (Fsp3) is 0.217. The summed E-state index contributed by atoms with van der Waals surface area (Å²) in [5.41, 5.74) is 1.50. The van der Waals surface area contributed by atoms with Crippen molar-refractivity contribution in [2.45, 2.75) is 11.4 Å². The summed E-state index contributed by atoms with van der Waals surface area (Å²) >= 11 is 3.10. The van der Waals surface area contributed by atoms with Gasteiger partial charge in [-0.05, 0) is 35.7 Å². The van der Waals surface area contributed by atoms with E-state index in [1.807, 2.05) is 60.0 Å². The van der Waals surface area contributed by atoms with Gasteiger partial charge in [0.25, 0.3) is 0 Å². The highest BCUT2D eigenvalue weighted by atomic mass is 32.2. The maximum Gasteiger partial charge on any atom is 0.247 e. The first-order chi connectivity index (χ1) is 15.2. The standard InChI is InChI=1S/C23H20N2O4S2/c26-22(14-25-18-5-1-2-6-21(18)31-15-23(25)27)24(13-17-4-3-11-30-17)16-7-8-19-20(12-16)29-10-9-28-19/h1-8,11-12H,9-10,13-15H2. The van der Waals surface area contributed by atoms with Crippen LogP contribution < -0.4 is 19.3 Å². The van der Waals surface area contributed by atoms with E-state index in [0.29, 0.717) is 37.0 Å². The Bertz CT molecular complexity index is 1120. The Hall–Kier alpha value is -2.97. The number of ether oxygens (including phenoxy) is 2. The van der Waals surface area contributed by atoms with Gasteiger partial charge in [0.15, 0.2) is 11.5 Å². The first-order valence-corrected chi connectivity index (χ1v) is 11.8. The number of thiophene rings is 1. The van der Waals surface area contributed by atoms with Crippen LogP contribution in [0.2, 0.25) is 0 Å². The molecule has 5 rings (SSSR count). The Morgan fingerprint density at radius 1 is 1.03 bits per heavy atom. The Kier molecular flexibility index (Phi) is 5.57. The summed E-state index contributed by atoms with van der Waals surface area (Å²) in [6.07, 6.45) is 0. The van der Waals surface area contributed by atoms with Crippen molar-refractivity contribution in [1.29, 1.82) is 0 Å². The summed E-state index contributed by atoms with van der Waals surface area (Å²) in [5.74, 6) is 1.42. The largest absolute Gasteiger partial charge is 0.486 e. The van der Waals surface area contributed by atoms with E-state index in [0.717, 1.165) is 21.1 Å². The number of carbonyl (C=O) groups excluding carboxylic acids is 2. The number of fused-ring (bicyclic) bond motifs is 2. The molecule has 158 valence electrons. The van der Waals surface area contributed by atoms with E-state index in [4.69, 9.17) is 9.47 Å². The fourth-order valence-corrected chi connectivity index (χ4v) is 5.26. The lowest BCUT2D eigenvalue weighted by Crippen LogP contribution is -2.45. The molecule has 0 atom stereocenters. The van der Waals surface area contributed by atoms with E-state index >= 15 is 0 Å². The van der Waals surface area contributed by atoms with Crippen molar-refractivity contribution in [3.8, 4) is 11.5 Å². The molecule has 3 heterocycles. The molecule has 0 bridgehead atoms. The normalized spacial score (nSPS) is 14.8. The zero-order chi connectivity index (χ0) is 21.2. The molecule has 0 saturated heterocycles. The second kappa shape index (κ2) is 8.64. The number of rotatable bonds is 5. The molecule has 0 saturated carbocycles. The van der Waals surface area contributed by atoms with Crippen LogP contribution in [-0.4, -0.2) is 37.3 Å². The van der Waals surface area contributed by atoms with Gasteiger partial charge < -0.3 is 19.3 Å². The van der Waals surface area contributed by atoms with Crippen LogP contribution in [0, 0.1) is 0 Å². The van der Waals surface area contributed by atoms with Gasteiger partial charge in [0.05, 0.1) is 18.0 Å². The van der Waals surface area contributed by atoms with Crippen LogP contribution in [-0.2, 0) is 16.1 Å². The summed E-state index contributed by atoms with van der Waals surface area (Å²) in [5, 5.41) is 1.99. The lowest BCUT2D eigenvalue weighted by molar-refractivity contribution is -0.121. The zero-order valence-corrected chi connectivity index (χ0v) is 18.3. The maximum absolute atomic E-state index is 13.5. The van der Waals surface area contributed by atoms with Crippen LogP contribution in [0.3, 0.4) is 0 Å². The average Bonchev–Trinajstić information content (AvgIpc) is 3.32. The van der Waals surface area contributed by atoms with Crippen molar-refractivity contribution >= 4 is 46.3 Å². The molecular weight excluding hydrogens is 432 g/mol. The highest BCUT2D eigenvalue weighted by Gasteiger charge is 2.29. The third-order valence-corrected chi connectivity index (χ3v) is 7.04. The molecule has 2 amide bonds. The van der Waals surface area contributed by atoms with Crippen LogP contribution >= 0.6 is 23.1 Å². The number of thioether (sulfide) groups is 1. The molecule has 0 aliphatic carbocycles. The Balaban J connectivity index is 1.45. The van der Waals surface area contributed by atoms with Crippen molar-refractivity contribution in [3.05, 3.63) is 64.9 Å². The van der Waals surface area contributed by atoms with Gasteiger partial charge in [-0.1, -0.05) is 18.2 Å². The molecule has 0 radical (unpaired) electrons. The number of benzene rings is 2. The highest BCUT2D eigenvalue weighted by Crippen LogP contribution is 2.37. The molecule has 0 unspecified atom stereocenters. The van der Waals surface area contributed by atoms with Crippen LogP contribution in [0.15, 0.2) is 64.9 Å². The highest BCUT2D eigenvalue weighted by molar-refractivity contribution is 8.00. The summed E-state index contributed by atoms with van der Waals surface area (Å²) in [6, 6.07) is 17.2. The molecule has 0 spiro atoms. The fourth-order valence-electron chi connectivity index (χ4n) is 3.63. The second-order valence-corrected chi connectivity index (χ2v) is 9.17. The third-order valence-electron chi connectivity index (χ3n) is 5.13. The minimum atomic E-state index is -0.153. The molecular formula is C23H20N2O4S2. The van der Waals surface area contributed by atoms with E-state index in [9.17, 15) is 9.59 Å². The van der Waals surface area contributed by atoms with Crippen LogP contribution in [0.1, 0.15) is 4.88 Å². The number of hydrogen-bond donors (Lipinski definition) is 0. The summed E-state index contributed by atoms with van der Waals surface area (Å²) in [6.45, 7) is 1.40. The van der Waals surface area contributed by atoms with Gasteiger partial charge in [0.2, 0.25) is 11.8 Å². The molecule has 8 heteroatoms. The Morgan fingerprint density at radius 3 is 2.71 bits per heavy atom. The van der Waals surface area contributed by atoms with Gasteiger partial charge in [-0.15, -0.1) is 23.1 Å². The first-order valence-electron chi connectivity index (χ1n) is 9.93. The van der Waals surface area contributed by atoms with Crippen molar-refractivity contribution < 1.29 is 19.1 Å². The zero-order valence-electron chi connectivity index (χ0n) is 16.7. The topological polar surface area (TPSA) is 59.1 Å². The second-order valence-electron chi connectivity index (χ2n) is 7.12. The van der Waals surface area contributed by atoms with Crippen LogP contribution in [0.25, 0.3) is 0 Å². The predicted molar refractivity (Wildman–Crippen MR) is 122 cm³/mol. The number of para-hydroxylation sites is 1.